The molecule has 90 valence electrons. The largest absolute Gasteiger partial charge is 0.479 e. The van der Waals surface area contributed by atoms with Crippen molar-refractivity contribution in [2.24, 2.45) is 0 Å². The summed E-state index contributed by atoms with van der Waals surface area (Å²) in [7, 11) is -3.86. The molecule has 0 radical (unpaired) electrons. The molecule has 16 heavy (non-hydrogen) atoms. The molecule has 0 aliphatic heterocycles. The van der Waals surface area contributed by atoms with Gasteiger partial charge in [-0.05, 0) is 18.6 Å². The van der Waals surface area contributed by atoms with Crippen LogP contribution in [0.1, 0.15) is 5.56 Å². The SMILES string of the molecule is Cc1cc(S(=O)(=O)NOCC(=O)O)sc1Cl. The van der Waals surface area contributed by atoms with Crippen LogP contribution in [-0.2, 0) is 19.7 Å². The standard InChI is InChI=1S/C7H8ClNO5S2/c1-4-2-6(15-7(4)8)16(12,13)9-14-3-5(10)11/h2,9H,3H2,1H3,(H,10,11). The van der Waals surface area contributed by atoms with Crippen molar-refractivity contribution in [2.45, 2.75) is 11.1 Å². The van der Waals surface area contributed by atoms with Crippen LogP contribution in [0.15, 0.2) is 10.3 Å². The van der Waals surface area contributed by atoms with E-state index >= 15 is 0 Å². The Bertz CT molecular complexity index is 475. The lowest BCUT2D eigenvalue weighted by Crippen LogP contribution is -2.26. The molecule has 6 nitrogen and oxygen atoms in total. The van der Waals surface area contributed by atoms with Crippen molar-refractivity contribution in [2.75, 3.05) is 6.61 Å². The first kappa shape index (κ1) is 13.4. The summed E-state index contributed by atoms with van der Waals surface area (Å²) in [6, 6.07) is 1.37. The topological polar surface area (TPSA) is 92.7 Å². The number of rotatable bonds is 5. The van der Waals surface area contributed by atoms with E-state index in [0.29, 0.717) is 9.90 Å². The molecule has 0 aromatic carbocycles. The van der Waals surface area contributed by atoms with Gasteiger partial charge in [0.2, 0.25) is 0 Å². The summed E-state index contributed by atoms with van der Waals surface area (Å²) < 4.78 is 23.3. The molecule has 0 aliphatic rings. The van der Waals surface area contributed by atoms with Gasteiger partial charge in [-0.2, -0.15) is 0 Å². The Morgan fingerprint density at radius 1 is 1.69 bits per heavy atom. The van der Waals surface area contributed by atoms with Gasteiger partial charge in [0.15, 0.2) is 6.61 Å². The second-order valence-corrected chi connectivity index (χ2v) is 6.32. The zero-order chi connectivity index (χ0) is 12.3. The lowest BCUT2D eigenvalue weighted by molar-refractivity contribution is -0.143. The van der Waals surface area contributed by atoms with Crippen LogP contribution in [0.25, 0.3) is 0 Å². The lowest BCUT2D eigenvalue weighted by atomic mass is 10.4. The van der Waals surface area contributed by atoms with E-state index in [1.165, 1.54) is 6.07 Å². The molecule has 0 saturated heterocycles. The molecular weight excluding hydrogens is 278 g/mol. The molecular formula is C7H8ClNO5S2. The van der Waals surface area contributed by atoms with Crippen LogP contribution < -0.4 is 4.89 Å². The molecule has 0 aliphatic carbocycles. The van der Waals surface area contributed by atoms with E-state index in [2.05, 4.69) is 4.84 Å². The minimum atomic E-state index is -3.86. The number of hydrogen-bond donors (Lipinski definition) is 2. The fraction of sp³-hybridized carbons (Fsp3) is 0.286. The number of aliphatic carboxylic acids is 1. The van der Waals surface area contributed by atoms with Gasteiger partial charge >= 0.3 is 5.97 Å². The lowest BCUT2D eigenvalue weighted by Gasteiger charge is -2.02. The fourth-order valence-electron chi connectivity index (χ4n) is 0.774. The minimum Gasteiger partial charge on any atom is -0.479 e. The molecule has 0 amide bonds. The highest BCUT2D eigenvalue weighted by Crippen LogP contribution is 2.29. The van der Waals surface area contributed by atoms with E-state index in [-0.39, 0.29) is 4.21 Å². The summed E-state index contributed by atoms with van der Waals surface area (Å²) in [5.74, 6) is -1.27. The van der Waals surface area contributed by atoms with Crippen molar-refractivity contribution in [1.82, 2.24) is 4.89 Å². The zero-order valence-corrected chi connectivity index (χ0v) is 10.4. The van der Waals surface area contributed by atoms with Crippen LogP contribution in [0.2, 0.25) is 4.34 Å². The van der Waals surface area contributed by atoms with Crippen LogP contribution >= 0.6 is 22.9 Å². The summed E-state index contributed by atoms with van der Waals surface area (Å²) in [5, 5.41) is 8.25. The molecule has 9 heteroatoms. The van der Waals surface area contributed by atoms with E-state index in [9.17, 15) is 13.2 Å². The smallest absolute Gasteiger partial charge is 0.331 e. The maximum absolute atomic E-state index is 11.5. The van der Waals surface area contributed by atoms with Crippen molar-refractivity contribution in [3.05, 3.63) is 16.0 Å². The number of sulfonamides is 1. The summed E-state index contributed by atoms with van der Waals surface area (Å²) in [5.41, 5.74) is 0.630. The second kappa shape index (κ2) is 5.11. The number of nitrogens with one attached hydrogen (secondary N) is 1. The van der Waals surface area contributed by atoms with E-state index in [1.807, 2.05) is 0 Å². The summed E-state index contributed by atoms with van der Waals surface area (Å²) in [6.45, 7) is 0.910. The molecule has 0 spiro atoms. The van der Waals surface area contributed by atoms with Gasteiger partial charge in [0, 0.05) is 0 Å². The molecule has 0 atom stereocenters. The monoisotopic (exact) mass is 285 g/mol. The predicted octanol–water partition coefficient (Wildman–Crippen LogP) is 1.00. The van der Waals surface area contributed by atoms with Gasteiger partial charge in [0.1, 0.15) is 4.21 Å². The minimum absolute atomic E-state index is 0.0274. The van der Waals surface area contributed by atoms with E-state index in [1.54, 1.807) is 11.8 Å². The fourth-order valence-corrected chi connectivity index (χ4v) is 3.27. The van der Waals surface area contributed by atoms with E-state index in [0.717, 1.165) is 11.3 Å². The van der Waals surface area contributed by atoms with Gasteiger partial charge in [-0.3, -0.25) is 4.84 Å². The number of carbonyl (C=O) groups is 1. The Morgan fingerprint density at radius 3 is 2.75 bits per heavy atom. The van der Waals surface area contributed by atoms with Crippen molar-refractivity contribution >= 4 is 38.9 Å². The number of carboxylic acid groups (broad SMARTS) is 1. The third-order valence-corrected chi connectivity index (χ3v) is 4.71. The quantitative estimate of drug-likeness (QED) is 0.788. The highest BCUT2D eigenvalue weighted by molar-refractivity contribution is 7.91. The summed E-state index contributed by atoms with van der Waals surface area (Å²) >= 11 is 6.58. The molecule has 1 heterocycles. The van der Waals surface area contributed by atoms with Crippen LogP contribution in [-0.4, -0.2) is 26.1 Å². The first-order valence-electron chi connectivity index (χ1n) is 3.94. The Balaban J connectivity index is 2.74. The summed E-state index contributed by atoms with van der Waals surface area (Å²) in [4.78, 5) is 16.1. The van der Waals surface area contributed by atoms with E-state index in [4.69, 9.17) is 16.7 Å². The first-order chi connectivity index (χ1) is 7.33. The summed E-state index contributed by atoms with van der Waals surface area (Å²) in [6.07, 6.45) is 0. The zero-order valence-electron chi connectivity index (χ0n) is 8.06. The van der Waals surface area contributed by atoms with Crippen molar-refractivity contribution in [3.63, 3.8) is 0 Å². The first-order valence-corrected chi connectivity index (χ1v) is 6.62. The second-order valence-electron chi connectivity index (χ2n) is 2.79. The average Bonchev–Trinajstić information content (AvgIpc) is 2.46. The number of hydrogen-bond acceptors (Lipinski definition) is 5. The molecule has 0 unspecified atom stereocenters. The van der Waals surface area contributed by atoms with Gasteiger partial charge in [-0.1, -0.05) is 16.5 Å². The Labute approximate surface area is 101 Å². The van der Waals surface area contributed by atoms with Crippen LogP contribution in [0, 0.1) is 6.92 Å². The molecule has 1 aromatic heterocycles. The van der Waals surface area contributed by atoms with E-state index < -0.39 is 22.6 Å². The van der Waals surface area contributed by atoms with Crippen LogP contribution in [0.5, 0.6) is 0 Å². The third kappa shape index (κ3) is 3.42. The Morgan fingerprint density at radius 2 is 2.31 bits per heavy atom. The predicted molar refractivity (Wildman–Crippen MR) is 58.0 cm³/mol. The maximum Gasteiger partial charge on any atom is 0.331 e. The molecule has 0 saturated carbocycles. The molecule has 2 N–H and O–H groups in total. The normalized spacial score (nSPS) is 11.6. The molecule has 1 rings (SSSR count). The number of thiophene rings is 1. The van der Waals surface area contributed by atoms with Gasteiger partial charge < -0.3 is 5.11 Å². The average molecular weight is 286 g/mol. The maximum atomic E-state index is 11.5. The van der Waals surface area contributed by atoms with Gasteiger partial charge in [-0.25, -0.2) is 13.2 Å². The third-order valence-electron chi connectivity index (χ3n) is 1.46. The number of carboxylic acids is 1. The van der Waals surface area contributed by atoms with Crippen molar-refractivity contribution in [3.8, 4) is 0 Å². The molecule has 0 fully saturated rings. The van der Waals surface area contributed by atoms with Crippen LogP contribution in [0.3, 0.4) is 0 Å². The Hall–Kier alpha value is -0.670. The van der Waals surface area contributed by atoms with Gasteiger partial charge in [-0.15, -0.1) is 11.3 Å². The molecule has 1 aromatic rings. The highest BCUT2D eigenvalue weighted by atomic mass is 35.5. The highest BCUT2D eigenvalue weighted by Gasteiger charge is 2.18. The van der Waals surface area contributed by atoms with Crippen molar-refractivity contribution < 1.29 is 23.2 Å². The van der Waals surface area contributed by atoms with Gasteiger partial charge in [0.25, 0.3) is 10.0 Å². The number of aryl methyl sites for hydroxylation is 1. The molecule has 0 bridgehead atoms. The van der Waals surface area contributed by atoms with Crippen LogP contribution in [0.4, 0.5) is 0 Å². The number of halogens is 1. The Kier molecular flexibility index (Phi) is 4.28. The van der Waals surface area contributed by atoms with Gasteiger partial charge in [0.05, 0.1) is 4.34 Å². The van der Waals surface area contributed by atoms with Crippen molar-refractivity contribution in [1.29, 1.82) is 0 Å².